The first-order chi connectivity index (χ1) is 8.18. The Morgan fingerprint density at radius 3 is 2.11 bits per heavy atom. The van der Waals surface area contributed by atoms with Gasteiger partial charge in [0.1, 0.15) is 0 Å². The van der Waals surface area contributed by atoms with E-state index in [1.165, 1.54) is 37.7 Å². The van der Waals surface area contributed by atoms with Gasteiger partial charge in [0.15, 0.2) is 0 Å². The number of hydrogen-bond acceptors (Lipinski definition) is 3. The molecule has 94 valence electrons. The SMILES string of the molecule is O=C(c1ccc(C2CCCCC2)cc1)C(O)O.[NaH]. The van der Waals surface area contributed by atoms with E-state index in [4.69, 9.17) is 10.2 Å². The summed E-state index contributed by atoms with van der Waals surface area (Å²) in [6.07, 6.45) is 4.41. The molecule has 0 saturated heterocycles. The molecule has 18 heavy (non-hydrogen) atoms. The van der Waals surface area contributed by atoms with Crippen LogP contribution in [0.5, 0.6) is 0 Å². The molecule has 1 aliphatic carbocycles. The van der Waals surface area contributed by atoms with E-state index in [1.807, 2.05) is 12.1 Å². The molecule has 0 atom stereocenters. The predicted molar refractivity (Wildman–Crippen MR) is 72.0 cm³/mol. The van der Waals surface area contributed by atoms with Crippen LogP contribution in [0.25, 0.3) is 0 Å². The molecule has 1 saturated carbocycles. The number of aliphatic hydroxyl groups is 2. The molecule has 1 aromatic rings. The molecular weight excluding hydrogens is 239 g/mol. The van der Waals surface area contributed by atoms with Gasteiger partial charge in [-0.2, -0.15) is 0 Å². The van der Waals surface area contributed by atoms with Crippen molar-refractivity contribution in [3.8, 4) is 0 Å². The molecule has 2 N–H and O–H groups in total. The van der Waals surface area contributed by atoms with E-state index in [-0.39, 0.29) is 29.6 Å². The minimum absolute atomic E-state index is 0. The average Bonchev–Trinajstić information content (AvgIpc) is 2.39. The topological polar surface area (TPSA) is 57.5 Å². The van der Waals surface area contributed by atoms with Gasteiger partial charge in [-0.15, -0.1) is 0 Å². The molecule has 0 radical (unpaired) electrons. The second-order valence-electron chi connectivity index (χ2n) is 4.69. The van der Waals surface area contributed by atoms with E-state index in [9.17, 15) is 4.79 Å². The van der Waals surface area contributed by atoms with E-state index in [2.05, 4.69) is 0 Å². The van der Waals surface area contributed by atoms with E-state index >= 15 is 0 Å². The Morgan fingerprint density at radius 1 is 1.06 bits per heavy atom. The summed E-state index contributed by atoms with van der Waals surface area (Å²) in [4.78, 5) is 11.3. The van der Waals surface area contributed by atoms with Gasteiger partial charge in [-0.05, 0) is 24.3 Å². The first-order valence-electron chi connectivity index (χ1n) is 6.19. The summed E-state index contributed by atoms with van der Waals surface area (Å²) in [5, 5.41) is 17.6. The molecule has 0 spiro atoms. The van der Waals surface area contributed by atoms with Gasteiger partial charge in [-0.25, -0.2) is 0 Å². The molecule has 2 rings (SSSR count). The molecule has 3 nitrogen and oxygen atoms in total. The van der Waals surface area contributed by atoms with E-state index < -0.39 is 12.1 Å². The van der Waals surface area contributed by atoms with Gasteiger partial charge in [-0.3, -0.25) is 4.79 Å². The van der Waals surface area contributed by atoms with Crippen LogP contribution in [0.4, 0.5) is 0 Å². The molecule has 0 aliphatic heterocycles. The van der Waals surface area contributed by atoms with Crippen LogP contribution in [0, 0.1) is 0 Å². The first kappa shape index (κ1) is 15.9. The maximum atomic E-state index is 11.3. The zero-order valence-electron chi connectivity index (χ0n) is 9.80. The Labute approximate surface area is 130 Å². The van der Waals surface area contributed by atoms with Crippen molar-refractivity contribution in [2.45, 2.75) is 44.3 Å². The summed E-state index contributed by atoms with van der Waals surface area (Å²) in [5.74, 6) is -0.0350. The number of rotatable bonds is 3. The fraction of sp³-hybridized carbons (Fsp3) is 0.500. The van der Waals surface area contributed by atoms with E-state index in [0.717, 1.165) is 0 Å². The van der Waals surface area contributed by atoms with Crippen molar-refractivity contribution < 1.29 is 15.0 Å². The van der Waals surface area contributed by atoms with Crippen LogP contribution >= 0.6 is 0 Å². The second-order valence-corrected chi connectivity index (χ2v) is 4.69. The molecule has 0 amide bonds. The Kier molecular flexibility index (Phi) is 6.53. The minimum atomic E-state index is -1.91. The van der Waals surface area contributed by atoms with Crippen molar-refractivity contribution >= 4 is 35.3 Å². The fourth-order valence-corrected chi connectivity index (χ4v) is 2.50. The average molecular weight is 258 g/mol. The molecule has 1 fully saturated rings. The van der Waals surface area contributed by atoms with Crippen molar-refractivity contribution in [1.82, 2.24) is 0 Å². The van der Waals surface area contributed by atoms with Gasteiger partial charge in [0.25, 0.3) is 0 Å². The van der Waals surface area contributed by atoms with Gasteiger partial charge in [0, 0.05) is 5.56 Å². The molecule has 1 aliphatic rings. The summed E-state index contributed by atoms with van der Waals surface area (Å²) < 4.78 is 0. The summed E-state index contributed by atoms with van der Waals surface area (Å²) in [6.45, 7) is 0. The Balaban J connectivity index is 0.00000162. The van der Waals surface area contributed by atoms with E-state index in [0.29, 0.717) is 11.5 Å². The fourth-order valence-electron chi connectivity index (χ4n) is 2.50. The zero-order chi connectivity index (χ0) is 12.3. The van der Waals surface area contributed by atoms with Gasteiger partial charge >= 0.3 is 29.6 Å². The van der Waals surface area contributed by atoms with Crippen LogP contribution in [0.1, 0.15) is 53.9 Å². The maximum absolute atomic E-state index is 11.3. The number of aliphatic hydroxyl groups excluding tert-OH is 1. The van der Waals surface area contributed by atoms with E-state index in [1.54, 1.807) is 12.1 Å². The molecule has 1 aromatic carbocycles. The number of Topliss-reactive ketones (excluding diaryl/α,β-unsaturated/α-hetero) is 1. The number of benzene rings is 1. The summed E-state index contributed by atoms with van der Waals surface area (Å²) in [5.41, 5.74) is 1.62. The number of hydrogen-bond donors (Lipinski definition) is 2. The Hall–Kier alpha value is -0.190. The summed E-state index contributed by atoms with van der Waals surface area (Å²) >= 11 is 0. The normalized spacial score (nSPS) is 16.4. The standard InChI is InChI=1S/C14H18O3.Na.H/c15-13(14(16)17)12-8-6-11(7-9-12)10-4-2-1-3-5-10;;/h6-10,14,16-17H,1-5H2;;. The van der Waals surface area contributed by atoms with Crippen molar-refractivity contribution in [2.24, 2.45) is 0 Å². The Bertz CT molecular complexity index is 381. The van der Waals surface area contributed by atoms with Crippen LogP contribution < -0.4 is 0 Å². The first-order valence-corrected chi connectivity index (χ1v) is 6.19. The van der Waals surface area contributed by atoms with Crippen LogP contribution in [-0.4, -0.2) is 51.8 Å². The third-order valence-electron chi connectivity index (χ3n) is 3.51. The van der Waals surface area contributed by atoms with Crippen molar-refractivity contribution in [3.63, 3.8) is 0 Å². The zero-order valence-corrected chi connectivity index (χ0v) is 9.80. The number of carbonyl (C=O) groups is 1. The third-order valence-corrected chi connectivity index (χ3v) is 3.51. The number of carbonyl (C=O) groups excluding carboxylic acids is 1. The van der Waals surface area contributed by atoms with Gasteiger partial charge in [-0.1, -0.05) is 43.5 Å². The Morgan fingerprint density at radius 2 is 1.61 bits per heavy atom. The molecule has 0 bridgehead atoms. The number of ketones is 1. The molecule has 0 aromatic heterocycles. The molecule has 0 heterocycles. The third kappa shape index (κ3) is 3.90. The van der Waals surface area contributed by atoms with Gasteiger partial charge < -0.3 is 10.2 Å². The van der Waals surface area contributed by atoms with Crippen LogP contribution in [0.3, 0.4) is 0 Å². The summed E-state index contributed by atoms with van der Waals surface area (Å²) in [7, 11) is 0. The predicted octanol–water partition coefficient (Wildman–Crippen LogP) is 1.58. The quantitative estimate of drug-likeness (QED) is 0.491. The molecule has 0 unspecified atom stereocenters. The molecule has 4 heteroatoms. The van der Waals surface area contributed by atoms with Crippen molar-refractivity contribution in [1.29, 1.82) is 0 Å². The summed E-state index contributed by atoms with van der Waals surface area (Å²) in [6, 6.07) is 7.24. The van der Waals surface area contributed by atoms with Gasteiger partial charge in [0.05, 0.1) is 0 Å². The monoisotopic (exact) mass is 258 g/mol. The second kappa shape index (κ2) is 7.41. The van der Waals surface area contributed by atoms with Crippen LogP contribution in [-0.2, 0) is 0 Å². The van der Waals surface area contributed by atoms with Crippen molar-refractivity contribution in [2.75, 3.05) is 0 Å². The van der Waals surface area contributed by atoms with Gasteiger partial charge in [0.2, 0.25) is 12.1 Å². The van der Waals surface area contributed by atoms with Crippen LogP contribution in [0.15, 0.2) is 24.3 Å². The van der Waals surface area contributed by atoms with Crippen molar-refractivity contribution in [3.05, 3.63) is 35.4 Å². The van der Waals surface area contributed by atoms with Crippen LogP contribution in [0.2, 0.25) is 0 Å². The molecular formula is C14H19NaO3.